The summed E-state index contributed by atoms with van der Waals surface area (Å²) < 4.78 is 0. The number of carbonyl (C=O) groups is 1. The van der Waals surface area contributed by atoms with Crippen molar-refractivity contribution in [1.29, 1.82) is 0 Å². The normalized spacial score (nSPS) is 12.1. The van der Waals surface area contributed by atoms with E-state index in [4.69, 9.17) is 0 Å². The molecule has 0 unspecified atom stereocenters. The summed E-state index contributed by atoms with van der Waals surface area (Å²) in [6.45, 7) is -0.168. The van der Waals surface area contributed by atoms with Crippen LogP contribution >= 0.6 is 0 Å². The van der Waals surface area contributed by atoms with Crippen molar-refractivity contribution < 1.29 is 15.0 Å². The molecule has 2 aromatic carbocycles. The molecule has 0 fully saturated rings. The van der Waals surface area contributed by atoms with Gasteiger partial charge in [0, 0.05) is 24.0 Å². The fourth-order valence-corrected chi connectivity index (χ4v) is 2.49. The van der Waals surface area contributed by atoms with E-state index in [9.17, 15) is 15.0 Å². The number of hydrogen-bond acceptors (Lipinski definition) is 4. The van der Waals surface area contributed by atoms with Crippen molar-refractivity contribution in [2.24, 2.45) is 10.2 Å². The third-order valence-corrected chi connectivity index (χ3v) is 3.70. The van der Waals surface area contributed by atoms with Gasteiger partial charge in [-0.15, -0.1) is 10.2 Å². The number of H-pyrrole nitrogens is 1. The molecule has 6 nitrogen and oxygen atoms in total. The molecular formula is C19H17N3O3. The summed E-state index contributed by atoms with van der Waals surface area (Å²) in [5.41, 5.74) is 2.10. The van der Waals surface area contributed by atoms with Gasteiger partial charge in [-0.1, -0.05) is 48.5 Å². The molecule has 3 N–H and O–H groups in total. The number of hydrogen-bond donors (Lipinski definition) is 3. The van der Waals surface area contributed by atoms with E-state index in [-0.39, 0.29) is 24.6 Å². The maximum atomic E-state index is 12.3. The van der Waals surface area contributed by atoms with Gasteiger partial charge < -0.3 is 15.2 Å². The standard InChI is InChI=1S/C19H17N3O3/c23-11-10-14(12-13-6-2-1-3-7-13)18(24)22-21-17-15-8-4-5-9-16(15)20-19(17)25/h1-9,12,20,23,25H,10-11H2/b14-12-,22-21?. The minimum atomic E-state index is -0.553. The van der Waals surface area contributed by atoms with Crippen LogP contribution in [-0.4, -0.2) is 27.7 Å². The van der Waals surface area contributed by atoms with Crippen molar-refractivity contribution in [1.82, 2.24) is 4.98 Å². The van der Waals surface area contributed by atoms with Crippen LogP contribution in [0.4, 0.5) is 5.69 Å². The number of nitrogens with one attached hydrogen (secondary N) is 1. The number of nitrogens with zero attached hydrogens (tertiary/aromatic N) is 2. The molecule has 0 radical (unpaired) electrons. The largest absolute Gasteiger partial charge is 0.493 e. The first-order valence-corrected chi connectivity index (χ1v) is 7.81. The van der Waals surface area contributed by atoms with Crippen molar-refractivity contribution in [3.63, 3.8) is 0 Å². The lowest BCUT2D eigenvalue weighted by Crippen LogP contribution is -2.00. The van der Waals surface area contributed by atoms with E-state index in [0.717, 1.165) is 5.56 Å². The van der Waals surface area contributed by atoms with E-state index in [2.05, 4.69) is 15.2 Å². The first-order valence-electron chi connectivity index (χ1n) is 7.81. The Morgan fingerprint density at radius 2 is 1.80 bits per heavy atom. The zero-order valence-corrected chi connectivity index (χ0v) is 13.4. The smallest absolute Gasteiger partial charge is 0.291 e. The molecule has 126 valence electrons. The second kappa shape index (κ2) is 7.55. The summed E-state index contributed by atoms with van der Waals surface area (Å²) >= 11 is 0. The van der Waals surface area contributed by atoms with Gasteiger partial charge in [0.1, 0.15) is 0 Å². The highest BCUT2D eigenvalue weighted by Crippen LogP contribution is 2.35. The molecule has 0 saturated heterocycles. The van der Waals surface area contributed by atoms with Crippen LogP contribution in [0.25, 0.3) is 17.0 Å². The summed E-state index contributed by atoms with van der Waals surface area (Å²) in [4.78, 5) is 15.1. The SMILES string of the molecule is O=C(N=Nc1c(O)[nH]c2ccccc12)/C(=C\c1ccccc1)CCO. The van der Waals surface area contributed by atoms with Crippen molar-refractivity contribution >= 4 is 28.6 Å². The minimum Gasteiger partial charge on any atom is -0.493 e. The average Bonchev–Trinajstić information content (AvgIpc) is 2.95. The number of amides is 1. The number of aromatic hydroxyl groups is 1. The summed E-state index contributed by atoms with van der Waals surface area (Å²) in [6.07, 6.45) is 1.85. The maximum absolute atomic E-state index is 12.3. The third-order valence-electron chi connectivity index (χ3n) is 3.70. The fourth-order valence-electron chi connectivity index (χ4n) is 2.49. The molecule has 0 spiro atoms. The first kappa shape index (κ1) is 16.6. The van der Waals surface area contributed by atoms with Gasteiger partial charge in [0.2, 0.25) is 5.88 Å². The summed E-state index contributed by atoms with van der Waals surface area (Å²) in [5.74, 6) is -0.698. The molecular weight excluding hydrogens is 318 g/mol. The number of carbonyl (C=O) groups excluding carboxylic acids is 1. The van der Waals surface area contributed by atoms with E-state index in [0.29, 0.717) is 16.5 Å². The van der Waals surface area contributed by atoms with Crippen LogP contribution in [0.5, 0.6) is 5.88 Å². The van der Waals surface area contributed by atoms with E-state index in [1.165, 1.54) is 0 Å². The molecule has 0 saturated carbocycles. The van der Waals surface area contributed by atoms with Gasteiger partial charge in [0.05, 0.1) is 5.52 Å². The Kier molecular flexibility index (Phi) is 5.01. The van der Waals surface area contributed by atoms with E-state index in [1.54, 1.807) is 18.2 Å². The Morgan fingerprint density at radius 1 is 1.08 bits per heavy atom. The number of aromatic nitrogens is 1. The van der Waals surface area contributed by atoms with Crippen LogP contribution in [0.1, 0.15) is 12.0 Å². The van der Waals surface area contributed by atoms with E-state index in [1.807, 2.05) is 42.5 Å². The van der Waals surface area contributed by atoms with Crippen molar-refractivity contribution in [3.05, 3.63) is 65.7 Å². The molecule has 0 bridgehead atoms. The van der Waals surface area contributed by atoms with Crippen molar-refractivity contribution in [3.8, 4) is 5.88 Å². The fraction of sp³-hybridized carbons (Fsp3) is 0.105. The Bertz CT molecular complexity index is 943. The Labute approximate surface area is 144 Å². The molecule has 1 amide bonds. The van der Waals surface area contributed by atoms with Gasteiger partial charge in [0.25, 0.3) is 5.91 Å². The average molecular weight is 335 g/mol. The highest BCUT2D eigenvalue weighted by Gasteiger charge is 2.12. The van der Waals surface area contributed by atoms with Gasteiger partial charge in [0.15, 0.2) is 5.69 Å². The summed E-state index contributed by atoms with van der Waals surface area (Å²) in [7, 11) is 0. The molecule has 1 heterocycles. The molecule has 3 aromatic rings. The van der Waals surface area contributed by atoms with Crippen LogP contribution in [0.3, 0.4) is 0 Å². The van der Waals surface area contributed by atoms with Crippen LogP contribution in [0, 0.1) is 0 Å². The maximum Gasteiger partial charge on any atom is 0.291 e. The monoisotopic (exact) mass is 335 g/mol. The van der Waals surface area contributed by atoms with Gasteiger partial charge in [-0.3, -0.25) is 4.79 Å². The third kappa shape index (κ3) is 3.81. The van der Waals surface area contributed by atoms with Crippen molar-refractivity contribution in [2.45, 2.75) is 6.42 Å². The van der Waals surface area contributed by atoms with Gasteiger partial charge in [-0.2, -0.15) is 0 Å². The van der Waals surface area contributed by atoms with Crippen molar-refractivity contribution in [2.75, 3.05) is 6.61 Å². The van der Waals surface area contributed by atoms with Gasteiger partial charge in [-0.05, 0) is 17.7 Å². The lowest BCUT2D eigenvalue weighted by molar-refractivity contribution is -0.115. The van der Waals surface area contributed by atoms with E-state index < -0.39 is 5.91 Å². The zero-order valence-electron chi connectivity index (χ0n) is 13.4. The molecule has 25 heavy (non-hydrogen) atoms. The Hall–Kier alpha value is -3.25. The number of rotatable bonds is 5. The highest BCUT2D eigenvalue weighted by atomic mass is 16.3. The summed E-state index contributed by atoms with van der Waals surface area (Å²) in [5, 5.41) is 27.4. The lowest BCUT2D eigenvalue weighted by Gasteiger charge is -2.01. The van der Waals surface area contributed by atoms with Crippen LogP contribution in [0.2, 0.25) is 0 Å². The van der Waals surface area contributed by atoms with E-state index >= 15 is 0 Å². The number of para-hydroxylation sites is 1. The second-order valence-corrected chi connectivity index (χ2v) is 5.43. The molecule has 3 rings (SSSR count). The first-order chi connectivity index (χ1) is 12.2. The minimum absolute atomic E-state index is 0.145. The number of aliphatic hydroxyl groups is 1. The Morgan fingerprint density at radius 3 is 2.56 bits per heavy atom. The Balaban J connectivity index is 1.89. The lowest BCUT2D eigenvalue weighted by atomic mass is 10.1. The molecule has 0 aliphatic carbocycles. The number of fused-ring (bicyclic) bond motifs is 1. The number of azo groups is 1. The quantitative estimate of drug-likeness (QED) is 0.486. The molecule has 0 atom stereocenters. The molecule has 0 aliphatic heterocycles. The molecule has 1 aromatic heterocycles. The number of aromatic amines is 1. The second-order valence-electron chi connectivity index (χ2n) is 5.43. The number of aliphatic hydroxyl groups excluding tert-OH is 1. The molecule has 6 heteroatoms. The predicted molar refractivity (Wildman–Crippen MR) is 95.6 cm³/mol. The topological polar surface area (TPSA) is 98.0 Å². The van der Waals surface area contributed by atoms with Gasteiger partial charge in [-0.25, -0.2) is 0 Å². The van der Waals surface area contributed by atoms with Gasteiger partial charge >= 0.3 is 0 Å². The van der Waals surface area contributed by atoms with Crippen LogP contribution < -0.4 is 0 Å². The van der Waals surface area contributed by atoms with Crippen LogP contribution in [-0.2, 0) is 4.79 Å². The van der Waals surface area contributed by atoms with Crippen LogP contribution in [0.15, 0.2) is 70.4 Å². The summed E-state index contributed by atoms with van der Waals surface area (Å²) in [6, 6.07) is 16.5. The number of benzene rings is 2. The molecule has 0 aliphatic rings. The predicted octanol–water partition coefficient (Wildman–Crippen LogP) is 3.95. The zero-order chi connectivity index (χ0) is 17.6. The highest BCUT2D eigenvalue weighted by molar-refractivity contribution is 5.99.